The molecule has 94 valence electrons. The van der Waals surface area contributed by atoms with Crippen molar-refractivity contribution in [1.29, 1.82) is 0 Å². The predicted octanol–water partition coefficient (Wildman–Crippen LogP) is 2.08. The second-order valence-electron chi connectivity index (χ2n) is 3.62. The van der Waals surface area contributed by atoms with Gasteiger partial charge in [-0.2, -0.15) is 0 Å². The molecule has 5 nitrogen and oxygen atoms in total. The number of hydrogen-bond acceptors (Lipinski definition) is 4. The van der Waals surface area contributed by atoms with Crippen molar-refractivity contribution in [3.8, 4) is 0 Å². The van der Waals surface area contributed by atoms with Crippen molar-refractivity contribution >= 4 is 34.7 Å². The summed E-state index contributed by atoms with van der Waals surface area (Å²) >= 11 is 1.91. The van der Waals surface area contributed by atoms with Crippen molar-refractivity contribution in [3.63, 3.8) is 0 Å². The summed E-state index contributed by atoms with van der Waals surface area (Å²) in [5.41, 5.74) is 0. The summed E-state index contributed by atoms with van der Waals surface area (Å²) in [6.45, 7) is 5.97. The summed E-state index contributed by atoms with van der Waals surface area (Å²) in [6.07, 6.45) is -0.0528. The first-order valence-corrected chi connectivity index (χ1v) is 6.69. The van der Waals surface area contributed by atoms with Gasteiger partial charge in [-0.1, -0.05) is 13.8 Å². The first-order valence-electron chi connectivity index (χ1n) is 5.17. The Kier molecular flexibility index (Phi) is 8.32. The van der Waals surface area contributed by atoms with Gasteiger partial charge in [-0.15, -0.1) is 0 Å². The normalized spacial score (nSPS) is 12.1. The van der Waals surface area contributed by atoms with Gasteiger partial charge >= 0.3 is 12.1 Å². The van der Waals surface area contributed by atoms with Gasteiger partial charge in [0.25, 0.3) is 0 Å². The van der Waals surface area contributed by atoms with E-state index in [0.29, 0.717) is 13.0 Å². The molecule has 0 radical (unpaired) electrons. The molecule has 0 saturated carbocycles. The van der Waals surface area contributed by atoms with Gasteiger partial charge in [0, 0.05) is 0 Å². The SMILES string of the molecule is CCOC(=O)[C@H](CC(C)C)NC(=O)OCI. The molecule has 1 amide bonds. The maximum atomic E-state index is 11.5. The zero-order valence-corrected chi connectivity index (χ0v) is 11.9. The number of alkyl carbamates (subject to hydrolysis) is 1. The number of rotatable bonds is 6. The van der Waals surface area contributed by atoms with Gasteiger partial charge in [0.1, 0.15) is 10.7 Å². The Morgan fingerprint density at radius 1 is 1.31 bits per heavy atom. The van der Waals surface area contributed by atoms with E-state index < -0.39 is 18.1 Å². The number of hydrogen-bond donors (Lipinski definition) is 1. The Morgan fingerprint density at radius 2 is 1.94 bits per heavy atom. The molecule has 0 fully saturated rings. The number of esters is 1. The molecule has 6 heteroatoms. The summed E-state index contributed by atoms with van der Waals surface area (Å²) in [7, 11) is 0. The monoisotopic (exact) mass is 343 g/mol. The van der Waals surface area contributed by atoms with Crippen molar-refractivity contribution in [1.82, 2.24) is 5.32 Å². The molecule has 0 aromatic heterocycles. The van der Waals surface area contributed by atoms with Crippen LogP contribution >= 0.6 is 22.6 Å². The third kappa shape index (κ3) is 6.86. The van der Waals surface area contributed by atoms with Gasteiger partial charge in [0.15, 0.2) is 0 Å². The van der Waals surface area contributed by atoms with Crippen molar-refractivity contribution in [2.75, 3.05) is 11.2 Å². The standard InChI is InChI=1S/C10H18INO4/c1-4-15-9(13)8(5-7(2)3)12-10(14)16-6-11/h7-8H,4-6H2,1-3H3,(H,12,14)/t8-/m0/s1. The van der Waals surface area contributed by atoms with Gasteiger partial charge in [0.2, 0.25) is 0 Å². The fourth-order valence-electron chi connectivity index (χ4n) is 1.16. The van der Waals surface area contributed by atoms with Gasteiger partial charge in [-0.3, -0.25) is 0 Å². The summed E-state index contributed by atoms with van der Waals surface area (Å²) < 4.78 is 9.83. The molecule has 0 bridgehead atoms. The van der Waals surface area contributed by atoms with E-state index in [1.165, 1.54) is 0 Å². The van der Waals surface area contributed by atoms with Crippen molar-refractivity contribution in [3.05, 3.63) is 0 Å². The number of ether oxygens (including phenoxy) is 2. The molecule has 0 aliphatic heterocycles. The predicted molar refractivity (Wildman–Crippen MR) is 68.4 cm³/mol. The summed E-state index contributed by atoms with van der Waals surface area (Å²) in [6, 6.07) is -0.629. The zero-order chi connectivity index (χ0) is 12.6. The molecule has 0 aliphatic rings. The van der Waals surface area contributed by atoms with E-state index in [-0.39, 0.29) is 10.5 Å². The molecule has 16 heavy (non-hydrogen) atoms. The van der Waals surface area contributed by atoms with Crippen LogP contribution < -0.4 is 5.32 Å². The van der Waals surface area contributed by atoms with E-state index >= 15 is 0 Å². The van der Waals surface area contributed by atoms with E-state index in [9.17, 15) is 9.59 Å². The van der Waals surface area contributed by atoms with E-state index in [2.05, 4.69) is 5.32 Å². The molecule has 0 aliphatic carbocycles. The van der Waals surface area contributed by atoms with Crippen LogP contribution in [0, 0.1) is 5.92 Å². The summed E-state index contributed by atoms with van der Waals surface area (Å²) in [5.74, 6) is -0.129. The van der Waals surface area contributed by atoms with Gasteiger partial charge in [-0.25, -0.2) is 9.59 Å². The minimum Gasteiger partial charge on any atom is -0.464 e. The number of amides is 1. The third-order valence-corrected chi connectivity index (χ3v) is 2.07. The van der Waals surface area contributed by atoms with Gasteiger partial charge in [-0.05, 0) is 41.9 Å². The number of alkyl halides is 1. The molecule has 0 heterocycles. The first kappa shape index (κ1) is 15.5. The van der Waals surface area contributed by atoms with Gasteiger partial charge in [0.05, 0.1) is 6.61 Å². The average Bonchev–Trinajstić information content (AvgIpc) is 2.16. The van der Waals surface area contributed by atoms with E-state index in [4.69, 9.17) is 9.47 Å². The highest BCUT2D eigenvalue weighted by Gasteiger charge is 2.23. The van der Waals surface area contributed by atoms with Crippen molar-refractivity contribution in [2.45, 2.75) is 33.2 Å². The molecule has 1 N–H and O–H groups in total. The lowest BCUT2D eigenvalue weighted by Gasteiger charge is -2.18. The molecule has 0 rings (SSSR count). The Labute approximate surface area is 109 Å². The maximum Gasteiger partial charge on any atom is 0.408 e. The van der Waals surface area contributed by atoms with E-state index in [1.54, 1.807) is 6.92 Å². The molecular weight excluding hydrogens is 325 g/mol. The topological polar surface area (TPSA) is 64.6 Å². The first-order chi connectivity index (χ1) is 7.51. The van der Waals surface area contributed by atoms with Crippen LogP contribution in [0.5, 0.6) is 0 Å². The highest BCUT2D eigenvalue weighted by Crippen LogP contribution is 2.07. The Bertz CT molecular complexity index is 233. The van der Waals surface area contributed by atoms with Crippen molar-refractivity contribution in [2.24, 2.45) is 5.92 Å². The van der Waals surface area contributed by atoms with Crippen LogP contribution in [-0.4, -0.2) is 29.3 Å². The maximum absolute atomic E-state index is 11.5. The Morgan fingerprint density at radius 3 is 2.38 bits per heavy atom. The highest BCUT2D eigenvalue weighted by molar-refractivity contribution is 14.1. The zero-order valence-electron chi connectivity index (χ0n) is 9.79. The summed E-state index contributed by atoms with van der Waals surface area (Å²) in [4.78, 5) is 22.7. The summed E-state index contributed by atoms with van der Waals surface area (Å²) in [5, 5.41) is 2.49. The van der Waals surface area contributed by atoms with Crippen LogP contribution in [0.15, 0.2) is 0 Å². The molecule has 0 unspecified atom stereocenters. The van der Waals surface area contributed by atoms with E-state index in [1.807, 2.05) is 36.4 Å². The lowest BCUT2D eigenvalue weighted by Crippen LogP contribution is -2.42. The van der Waals surface area contributed by atoms with Crippen LogP contribution in [0.1, 0.15) is 27.2 Å². The molecule has 0 aromatic carbocycles. The van der Waals surface area contributed by atoms with Crippen LogP contribution in [0.25, 0.3) is 0 Å². The van der Waals surface area contributed by atoms with Crippen molar-refractivity contribution < 1.29 is 19.1 Å². The minimum atomic E-state index is -0.629. The molecular formula is C10H18INO4. The highest BCUT2D eigenvalue weighted by atomic mass is 127. The van der Waals surface area contributed by atoms with Gasteiger partial charge < -0.3 is 14.8 Å². The van der Waals surface area contributed by atoms with Crippen LogP contribution in [0.2, 0.25) is 0 Å². The molecule has 0 spiro atoms. The number of halogens is 1. The van der Waals surface area contributed by atoms with Crippen LogP contribution in [0.4, 0.5) is 4.79 Å². The smallest absolute Gasteiger partial charge is 0.408 e. The average molecular weight is 343 g/mol. The minimum absolute atomic E-state index is 0.251. The van der Waals surface area contributed by atoms with Crippen LogP contribution in [-0.2, 0) is 14.3 Å². The fraction of sp³-hybridized carbons (Fsp3) is 0.800. The van der Waals surface area contributed by atoms with Crippen LogP contribution in [0.3, 0.4) is 0 Å². The lowest BCUT2D eigenvalue weighted by atomic mass is 10.0. The molecule has 0 saturated heterocycles. The Hall–Kier alpha value is -0.530. The Balaban J connectivity index is 4.30. The second kappa shape index (κ2) is 8.60. The number of carbonyl (C=O) groups excluding carboxylic acids is 2. The third-order valence-electron chi connectivity index (χ3n) is 1.76. The second-order valence-corrected chi connectivity index (χ2v) is 4.24. The van der Waals surface area contributed by atoms with E-state index in [0.717, 1.165) is 0 Å². The largest absolute Gasteiger partial charge is 0.464 e. The fourth-order valence-corrected chi connectivity index (χ4v) is 1.44. The lowest BCUT2D eigenvalue weighted by molar-refractivity contribution is -0.145. The molecule has 0 aromatic rings. The molecule has 1 atom stereocenters. The quantitative estimate of drug-likeness (QED) is 0.456. The number of carbonyl (C=O) groups is 2. The number of nitrogens with one attached hydrogen (secondary N) is 1.